The van der Waals surface area contributed by atoms with E-state index in [2.05, 4.69) is 16.6 Å². The number of nitrogens with zero attached hydrogens (tertiary/aromatic N) is 3. The van der Waals surface area contributed by atoms with Gasteiger partial charge in [0.25, 0.3) is 0 Å². The number of aryl methyl sites for hydroxylation is 1. The van der Waals surface area contributed by atoms with E-state index in [1.165, 1.54) is 12.1 Å². The maximum Gasteiger partial charge on any atom is 0.227 e. The molecule has 0 radical (unpaired) electrons. The van der Waals surface area contributed by atoms with Crippen molar-refractivity contribution in [2.45, 2.75) is 44.9 Å². The summed E-state index contributed by atoms with van der Waals surface area (Å²) < 4.78 is 35.5. The third-order valence-corrected chi connectivity index (χ3v) is 5.63. The quantitative estimate of drug-likeness (QED) is 0.469. The third-order valence-electron chi connectivity index (χ3n) is 5.63. The van der Waals surface area contributed by atoms with Crippen LogP contribution in [-0.2, 0) is 6.54 Å². The average Bonchev–Trinajstić information content (AvgIpc) is 3.57. The number of benzene rings is 2. The van der Waals surface area contributed by atoms with E-state index >= 15 is 0 Å². The molecule has 1 fully saturated rings. The molecule has 0 amide bonds. The number of hydrogen-bond acceptors (Lipinski definition) is 4. The van der Waals surface area contributed by atoms with Crippen molar-refractivity contribution < 1.29 is 18.6 Å². The number of rotatable bonds is 9. The summed E-state index contributed by atoms with van der Waals surface area (Å²) in [5.41, 5.74) is 1.23. The van der Waals surface area contributed by atoms with Crippen LogP contribution in [0.15, 0.2) is 61.2 Å². The Morgan fingerprint density at radius 2 is 1.97 bits per heavy atom. The van der Waals surface area contributed by atoms with Gasteiger partial charge in [0.15, 0.2) is 11.6 Å². The lowest BCUT2D eigenvalue weighted by Gasteiger charge is -2.29. The molecule has 1 aliphatic carbocycles. The van der Waals surface area contributed by atoms with E-state index in [0.717, 1.165) is 41.9 Å². The SMILES string of the molecule is C=CC(C)(O)CN(Cc1c(C)nn(-c2ccccc2)c1Oc1ccc(F)cc1F)C1CC1. The molecule has 168 valence electrons. The molecule has 1 heterocycles. The number of aromatic nitrogens is 2. The fourth-order valence-electron chi connectivity index (χ4n) is 3.66. The van der Waals surface area contributed by atoms with Gasteiger partial charge in [-0.25, -0.2) is 13.5 Å². The van der Waals surface area contributed by atoms with Crippen molar-refractivity contribution in [3.63, 3.8) is 0 Å². The maximum atomic E-state index is 14.4. The van der Waals surface area contributed by atoms with Crippen LogP contribution in [0.2, 0.25) is 0 Å². The van der Waals surface area contributed by atoms with Crippen LogP contribution in [0.5, 0.6) is 11.6 Å². The molecule has 1 N–H and O–H groups in total. The first-order valence-corrected chi connectivity index (χ1v) is 10.6. The summed E-state index contributed by atoms with van der Waals surface area (Å²) in [5.74, 6) is -1.18. The van der Waals surface area contributed by atoms with E-state index in [1.807, 2.05) is 37.3 Å². The van der Waals surface area contributed by atoms with Crippen molar-refractivity contribution in [1.29, 1.82) is 0 Å². The number of halogens is 2. The van der Waals surface area contributed by atoms with Gasteiger partial charge in [0, 0.05) is 25.2 Å². The van der Waals surface area contributed by atoms with E-state index in [0.29, 0.717) is 25.0 Å². The molecule has 3 aromatic rings. The van der Waals surface area contributed by atoms with Gasteiger partial charge in [-0.05, 0) is 51.0 Å². The van der Waals surface area contributed by atoms with E-state index in [4.69, 9.17) is 4.74 Å². The highest BCUT2D eigenvalue weighted by Crippen LogP contribution is 2.36. The normalized spacial score (nSPS) is 15.6. The van der Waals surface area contributed by atoms with Gasteiger partial charge in [0.1, 0.15) is 5.82 Å². The molecule has 0 bridgehead atoms. The van der Waals surface area contributed by atoms with Gasteiger partial charge in [0.2, 0.25) is 5.88 Å². The lowest BCUT2D eigenvalue weighted by Crippen LogP contribution is -2.40. The van der Waals surface area contributed by atoms with Gasteiger partial charge in [0.05, 0.1) is 22.5 Å². The summed E-state index contributed by atoms with van der Waals surface area (Å²) >= 11 is 0. The summed E-state index contributed by atoms with van der Waals surface area (Å²) in [6.45, 7) is 8.20. The molecule has 5 nitrogen and oxygen atoms in total. The molecule has 32 heavy (non-hydrogen) atoms. The second kappa shape index (κ2) is 8.84. The molecule has 1 aromatic heterocycles. The number of para-hydroxylation sites is 1. The van der Waals surface area contributed by atoms with Crippen molar-refractivity contribution in [2.75, 3.05) is 6.54 Å². The van der Waals surface area contributed by atoms with Crippen molar-refractivity contribution in [3.8, 4) is 17.3 Å². The van der Waals surface area contributed by atoms with E-state index < -0.39 is 17.2 Å². The second-order valence-electron chi connectivity index (χ2n) is 8.49. The van der Waals surface area contributed by atoms with Crippen LogP contribution in [-0.4, -0.2) is 38.0 Å². The average molecular weight is 440 g/mol. The van der Waals surface area contributed by atoms with Gasteiger partial charge in [-0.2, -0.15) is 5.10 Å². The Hall–Kier alpha value is -3.03. The summed E-state index contributed by atoms with van der Waals surface area (Å²) in [6, 6.07) is 13.0. The Balaban J connectivity index is 1.75. The molecular formula is C25H27F2N3O2. The van der Waals surface area contributed by atoms with E-state index in [-0.39, 0.29) is 5.75 Å². The number of hydrogen-bond donors (Lipinski definition) is 1. The molecule has 1 unspecified atom stereocenters. The maximum absolute atomic E-state index is 14.4. The van der Waals surface area contributed by atoms with Gasteiger partial charge < -0.3 is 9.84 Å². The Bertz CT molecular complexity index is 1110. The van der Waals surface area contributed by atoms with Gasteiger partial charge >= 0.3 is 0 Å². The molecule has 1 saturated carbocycles. The first kappa shape index (κ1) is 22.2. The summed E-state index contributed by atoms with van der Waals surface area (Å²) in [4.78, 5) is 2.18. The molecule has 1 atom stereocenters. The lowest BCUT2D eigenvalue weighted by atomic mass is 10.1. The zero-order chi connectivity index (χ0) is 22.9. The van der Waals surface area contributed by atoms with Crippen molar-refractivity contribution in [3.05, 3.63) is 84.1 Å². The Kier molecular flexibility index (Phi) is 6.13. The first-order valence-electron chi connectivity index (χ1n) is 10.6. The number of ether oxygens (including phenoxy) is 1. The summed E-state index contributed by atoms with van der Waals surface area (Å²) in [7, 11) is 0. The lowest BCUT2D eigenvalue weighted by molar-refractivity contribution is 0.0549. The second-order valence-corrected chi connectivity index (χ2v) is 8.49. The van der Waals surface area contributed by atoms with Crippen LogP contribution in [0.4, 0.5) is 8.78 Å². The Labute approximate surface area is 186 Å². The van der Waals surface area contributed by atoms with Crippen LogP contribution >= 0.6 is 0 Å². The fraction of sp³-hybridized carbons (Fsp3) is 0.320. The smallest absolute Gasteiger partial charge is 0.227 e. The van der Waals surface area contributed by atoms with Crippen molar-refractivity contribution >= 4 is 0 Å². The summed E-state index contributed by atoms with van der Waals surface area (Å²) in [5, 5.41) is 15.2. The van der Waals surface area contributed by atoms with Crippen LogP contribution < -0.4 is 4.74 Å². The van der Waals surface area contributed by atoms with Crippen LogP contribution in [0.3, 0.4) is 0 Å². The predicted molar refractivity (Wildman–Crippen MR) is 119 cm³/mol. The first-order chi connectivity index (χ1) is 15.3. The third kappa shape index (κ3) is 4.89. The van der Waals surface area contributed by atoms with Crippen molar-refractivity contribution in [1.82, 2.24) is 14.7 Å². The zero-order valence-electron chi connectivity index (χ0n) is 18.3. The molecule has 1 aliphatic rings. The minimum atomic E-state index is -1.05. The topological polar surface area (TPSA) is 50.5 Å². The van der Waals surface area contributed by atoms with E-state index in [1.54, 1.807) is 11.6 Å². The van der Waals surface area contributed by atoms with Gasteiger partial charge in [-0.15, -0.1) is 6.58 Å². The molecular weight excluding hydrogens is 412 g/mol. The monoisotopic (exact) mass is 439 g/mol. The van der Waals surface area contributed by atoms with Gasteiger partial charge in [-0.1, -0.05) is 24.3 Å². The number of aliphatic hydroxyl groups is 1. The fourth-order valence-corrected chi connectivity index (χ4v) is 3.66. The Morgan fingerprint density at radius 3 is 2.59 bits per heavy atom. The minimum absolute atomic E-state index is 0.0826. The Morgan fingerprint density at radius 1 is 1.25 bits per heavy atom. The van der Waals surface area contributed by atoms with Crippen LogP contribution in [0.25, 0.3) is 5.69 Å². The highest BCUT2D eigenvalue weighted by molar-refractivity contribution is 5.43. The summed E-state index contributed by atoms with van der Waals surface area (Å²) in [6.07, 6.45) is 3.62. The highest BCUT2D eigenvalue weighted by atomic mass is 19.1. The largest absolute Gasteiger partial charge is 0.435 e. The predicted octanol–water partition coefficient (Wildman–Crippen LogP) is 5.15. The minimum Gasteiger partial charge on any atom is -0.435 e. The standard InChI is InChI=1S/C25H27F2N3O2/c1-4-25(3,31)16-29(19-11-12-19)15-21-17(2)28-30(20-8-6-5-7-9-20)24(21)32-23-13-10-18(26)14-22(23)27/h4-10,13-14,19,31H,1,11-12,15-16H2,2-3H3. The van der Waals surface area contributed by atoms with Gasteiger partial charge in [-0.3, -0.25) is 4.90 Å². The van der Waals surface area contributed by atoms with E-state index in [9.17, 15) is 13.9 Å². The highest BCUT2D eigenvalue weighted by Gasteiger charge is 2.34. The molecule has 7 heteroatoms. The van der Waals surface area contributed by atoms with Crippen LogP contribution in [0.1, 0.15) is 31.0 Å². The van der Waals surface area contributed by atoms with Crippen molar-refractivity contribution in [2.24, 2.45) is 0 Å². The van der Waals surface area contributed by atoms with Crippen LogP contribution in [0, 0.1) is 18.6 Å². The molecule has 0 aliphatic heterocycles. The molecule has 4 rings (SSSR count). The molecule has 0 spiro atoms. The molecule has 2 aromatic carbocycles. The molecule has 0 saturated heterocycles. The zero-order valence-corrected chi connectivity index (χ0v) is 18.3.